The highest BCUT2D eigenvalue weighted by molar-refractivity contribution is 5.36. The molecule has 1 aromatic heterocycles. The number of benzene rings is 1. The van der Waals surface area contributed by atoms with Crippen molar-refractivity contribution in [3.8, 4) is 5.69 Å². The Morgan fingerprint density at radius 3 is 2.35 bits per heavy atom. The molecule has 0 spiro atoms. The van der Waals surface area contributed by atoms with Gasteiger partial charge >= 0.3 is 0 Å². The first-order valence-electron chi connectivity index (χ1n) is 7.26. The molecule has 108 valence electrons. The quantitative estimate of drug-likeness (QED) is 0.914. The molecule has 0 aliphatic rings. The smallest absolute Gasteiger partial charge is 0.0649 e. The summed E-state index contributed by atoms with van der Waals surface area (Å²) < 4.78 is 2.06. The first-order chi connectivity index (χ1) is 9.38. The zero-order valence-electron chi connectivity index (χ0n) is 13.1. The van der Waals surface area contributed by atoms with Gasteiger partial charge in [-0.15, -0.1) is 0 Å². The van der Waals surface area contributed by atoms with Gasteiger partial charge in [-0.3, -0.25) is 0 Å². The Morgan fingerprint density at radius 2 is 1.80 bits per heavy atom. The summed E-state index contributed by atoms with van der Waals surface area (Å²) in [5.41, 5.74) is 3.80. The van der Waals surface area contributed by atoms with E-state index < -0.39 is 0 Å². The average molecular weight is 271 g/mol. The van der Waals surface area contributed by atoms with E-state index >= 15 is 0 Å². The zero-order chi connectivity index (χ0) is 14.8. The maximum Gasteiger partial charge on any atom is 0.0649 e. The van der Waals surface area contributed by atoms with Crippen molar-refractivity contribution in [2.75, 3.05) is 0 Å². The topological polar surface area (TPSA) is 29.9 Å². The molecule has 1 heterocycles. The van der Waals surface area contributed by atoms with Gasteiger partial charge in [0, 0.05) is 17.6 Å². The SMILES string of the molecule is CC(C)c1c(CNC(C)(C)C)cnn1-c1ccccc1. The van der Waals surface area contributed by atoms with E-state index in [1.807, 2.05) is 24.4 Å². The Kier molecular flexibility index (Phi) is 4.29. The summed E-state index contributed by atoms with van der Waals surface area (Å²) in [5.74, 6) is 0.439. The molecule has 0 aliphatic heterocycles. The molecule has 0 unspecified atom stereocenters. The molecule has 0 radical (unpaired) electrons. The molecule has 0 amide bonds. The molecule has 2 rings (SSSR count). The first kappa shape index (κ1) is 14.8. The summed E-state index contributed by atoms with van der Waals surface area (Å²) in [7, 11) is 0. The van der Waals surface area contributed by atoms with Crippen molar-refractivity contribution in [2.45, 2.75) is 52.6 Å². The minimum Gasteiger partial charge on any atom is -0.308 e. The van der Waals surface area contributed by atoms with Crippen molar-refractivity contribution >= 4 is 0 Å². The predicted molar refractivity (Wildman–Crippen MR) is 84.2 cm³/mol. The minimum absolute atomic E-state index is 0.114. The summed E-state index contributed by atoms with van der Waals surface area (Å²) in [6, 6.07) is 10.3. The van der Waals surface area contributed by atoms with E-state index in [1.54, 1.807) is 0 Å². The van der Waals surface area contributed by atoms with Crippen LogP contribution in [0.15, 0.2) is 36.5 Å². The molecule has 1 aromatic carbocycles. The van der Waals surface area contributed by atoms with Crippen LogP contribution in [0.5, 0.6) is 0 Å². The third-order valence-corrected chi connectivity index (χ3v) is 3.24. The summed E-state index contributed by atoms with van der Waals surface area (Å²) in [6.45, 7) is 11.8. The van der Waals surface area contributed by atoms with Gasteiger partial charge in [0.15, 0.2) is 0 Å². The van der Waals surface area contributed by atoms with Crippen molar-refractivity contribution in [1.82, 2.24) is 15.1 Å². The van der Waals surface area contributed by atoms with E-state index in [-0.39, 0.29) is 5.54 Å². The zero-order valence-corrected chi connectivity index (χ0v) is 13.1. The Hall–Kier alpha value is -1.61. The number of hydrogen-bond donors (Lipinski definition) is 1. The molecular formula is C17H25N3. The molecule has 0 aliphatic carbocycles. The van der Waals surface area contributed by atoms with Gasteiger partial charge in [0.2, 0.25) is 0 Å². The van der Waals surface area contributed by atoms with E-state index in [2.05, 4.69) is 61.8 Å². The number of aromatic nitrogens is 2. The molecule has 3 nitrogen and oxygen atoms in total. The number of hydrogen-bond acceptors (Lipinski definition) is 2. The molecule has 0 bridgehead atoms. The van der Waals surface area contributed by atoms with Gasteiger partial charge in [-0.1, -0.05) is 32.0 Å². The summed E-state index contributed by atoms with van der Waals surface area (Å²) in [6.07, 6.45) is 1.99. The maximum atomic E-state index is 4.58. The van der Waals surface area contributed by atoms with Gasteiger partial charge in [-0.05, 0) is 38.8 Å². The third-order valence-electron chi connectivity index (χ3n) is 3.24. The molecule has 2 aromatic rings. The fourth-order valence-electron chi connectivity index (χ4n) is 2.28. The van der Waals surface area contributed by atoms with Crippen LogP contribution in [0, 0.1) is 0 Å². The van der Waals surface area contributed by atoms with E-state index in [1.165, 1.54) is 11.3 Å². The van der Waals surface area contributed by atoms with E-state index in [0.29, 0.717) is 5.92 Å². The summed E-state index contributed by atoms with van der Waals surface area (Å²) in [5, 5.41) is 8.13. The molecule has 1 N–H and O–H groups in total. The second kappa shape index (κ2) is 5.80. The number of para-hydroxylation sites is 1. The number of nitrogens with zero attached hydrogens (tertiary/aromatic N) is 2. The van der Waals surface area contributed by atoms with Gasteiger partial charge in [0.25, 0.3) is 0 Å². The van der Waals surface area contributed by atoms with Crippen molar-refractivity contribution < 1.29 is 0 Å². The summed E-state index contributed by atoms with van der Waals surface area (Å²) in [4.78, 5) is 0. The monoisotopic (exact) mass is 271 g/mol. The fraction of sp³-hybridized carbons (Fsp3) is 0.471. The maximum absolute atomic E-state index is 4.58. The largest absolute Gasteiger partial charge is 0.308 e. The third kappa shape index (κ3) is 3.48. The van der Waals surface area contributed by atoms with Gasteiger partial charge in [-0.2, -0.15) is 5.10 Å². The molecule has 20 heavy (non-hydrogen) atoms. The number of nitrogens with one attached hydrogen (secondary N) is 1. The van der Waals surface area contributed by atoms with Crippen LogP contribution in [0.2, 0.25) is 0 Å². The van der Waals surface area contributed by atoms with E-state index in [4.69, 9.17) is 0 Å². The van der Waals surface area contributed by atoms with E-state index in [0.717, 1.165) is 12.2 Å². The van der Waals surface area contributed by atoms with Crippen LogP contribution in [0.25, 0.3) is 5.69 Å². The summed E-state index contributed by atoms with van der Waals surface area (Å²) >= 11 is 0. The molecule has 3 heteroatoms. The van der Waals surface area contributed by atoms with Gasteiger partial charge < -0.3 is 5.32 Å². The van der Waals surface area contributed by atoms with Crippen LogP contribution >= 0.6 is 0 Å². The first-order valence-corrected chi connectivity index (χ1v) is 7.26. The van der Waals surface area contributed by atoms with Crippen molar-refractivity contribution in [1.29, 1.82) is 0 Å². The van der Waals surface area contributed by atoms with Crippen LogP contribution < -0.4 is 5.32 Å². The lowest BCUT2D eigenvalue weighted by molar-refractivity contribution is 0.423. The Morgan fingerprint density at radius 1 is 1.15 bits per heavy atom. The standard InChI is InChI=1S/C17H25N3/c1-13(2)16-14(11-18-17(3,4)5)12-19-20(16)15-9-7-6-8-10-15/h6-10,12-13,18H,11H2,1-5H3. The fourth-order valence-corrected chi connectivity index (χ4v) is 2.28. The van der Waals surface area contributed by atoms with Crippen molar-refractivity contribution in [3.63, 3.8) is 0 Å². The van der Waals surface area contributed by atoms with Crippen molar-refractivity contribution in [2.24, 2.45) is 0 Å². The van der Waals surface area contributed by atoms with Crippen LogP contribution in [-0.4, -0.2) is 15.3 Å². The lowest BCUT2D eigenvalue weighted by Crippen LogP contribution is -2.35. The highest BCUT2D eigenvalue weighted by Crippen LogP contribution is 2.23. The highest BCUT2D eigenvalue weighted by atomic mass is 15.3. The van der Waals surface area contributed by atoms with Gasteiger partial charge in [-0.25, -0.2) is 4.68 Å². The Labute approximate surface area is 122 Å². The lowest BCUT2D eigenvalue weighted by atomic mass is 10.0. The van der Waals surface area contributed by atoms with Crippen LogP contribution in [-0.2, 0) is 6.54 Å². The second-order valence-corrected chi connectivity index (χ2v) is 6.56. The molecule has 0 saturated carbocycles. The van der Waals surface area contributed by atoms with Crippen LogP contribution in [0.4, 0.5) is 0 Å². The molecule has 0 fully saturated rings. The Balaban J connectivity index is 2.34. The van der Waals surface area contributed by atoms with Crippen molar-refractivity contribution in [3.05, 3.63) is 47.8 Å². The van der Waals surface area contributed by atoms with E-state index in [9.17, 15) is 0 Å². The molecule has 0 atom stereocenters. The minimum atomic E-state index is 0.114. The average Bonchev–Trinajstić information content (AvgIpc) is 2.80. The van der Waals surface area contributed by atoms with Crippen LogP contribution in [0.3, 0.4) is 0 Å². The van der Waals surface area contributed by atoms with Crippen LogP contribution in [0.1, 0.15) is 51.8 Å². The highest BCUT2D eigenvalue weighted by Gasteiger charge is 2.17. The van der Waals surface area contributed by atoms with Gasteiger partial charge in [0.05, 0.1) is 17.6 Å². The normalized spacial score (nSPS) is 12.1. The van der Waals surface area contributed by atoms with Gasteiger partial charge in [0.1, 0.15) is 0 Å². The molecule has 0 saturated heterocycles. The number of rotatable bonds is 4. The second-order valence-electron chi connectivity index (χ2n) is 6.56. The lowest BCUT2D eigenvalue weighted by Gasteiger charge is -2.21. The predicted octanol–water partition coefficient (Wildman–Crippen LogP) is 3.88. The Bertz CT molecular complexity index is 547. The molecular weight excluding hydrogens is 246 g/mol.